The smallest absolute Gasteiger partial charge is 0.417 e. The van der Waals surface area contributed by atoms with Gasteiger partial charge in [-0.3, -0.25) is 4.79 Å². The van der Waals surface area contributed by atoms with E-state index < -0.39 is 11.7 Å². The third-order valence-corrected chi connectivity index (χ3v) is 6.08. The summed E-state index contributed by atoms with van der Waals surface area (Å²) in [4.78, 5) is 19.1. The number of carbonyl (C=O) groups excluding carboxylic acids is 1. The summed E-state index contributed by atoms with van der Waals surface area (Å²) in [5.41, 5.74) is 0.991. The maximum atomic E-state index is 13.5. The number of hydrogen-bond acceptors (Lipinski definition) is 5. The number of benzene rings is 1. The van der Waals surface area contributed by atoms with Crippen LogP contribution in [-0.2, 0) is 6.18 Å². The van der Waals surface area contributed by atoms with E-state index in [4.69, 9.17) is 9.26 Å². The minimum absolute atomic E-state index is 0.123. The lowest BCUT2D eigenvalue weighted by Gasteiger charge is -2.33. The molecule has 2 fully saturated rings. The number of halogens is 3. The highest BCUT2D eigenvalue weighted by atomic mass is 19.4. The van der Waals surface area contributed by atoms with E-state index in [-0.39, 0.29) is 29.9 Å². The van der Waals surface area contributed by atoms with Gasteiger partial charge in [0.15, 0.2) is 0 Å². The van der Waals surface area contributed by atoms with Crippen LogP contribution in [0.15, 0.2) is 53.2 Å². The van der Waals surface area contributed by atoms with E-state index in [0.29, 0.717) is 29.1 Å². The van der Waals surface area contributed by atoms with Gasteiger partial charge >= 0.3 is 6.18 Å². The number of hydrogen-bond donors (Lipinski definition) is 0. The summed E-state index contributed by atoms with van der Waals surface area (Å²) in [5, 5.41) is 4.04. The van der Waals surface area contributed by atoms with Crippen LogP contribution < -0.4 is 4.74 Å². The lowest BCUT2D eigenvalue weighted by atomic mass is 10.0. The Bertz CT molecular complexity index is 1140. The summed E-state index contributed by atoms with van der Waals surface area (Å²) in [5.74, 6) is 0.939. The molecule has 1 aromatic carbocycles. The molecular formula is C23H20F3N3O3. The second-order valence-electron chi connectivity index (χ2n) is 8.27. The topological polar surface area (TPSA) is 68.5 Å². The highest BCUT2D eigenvalue weighted by Gasteiger charge is 2.48. The predicted molar refractivity (Wildman–Crippen MR) is 108 cm³/mol. The normalized spacial score (nSPS) is 22.4. The number of fused-ring (bicyclic) bond motifs is 2. The first-order valence-electron chi connectivity index (χ1n) is 10.3. The van der Waals surface area contributed by atoms with Crippen molar-refractivity contribution in [2.45, 2.75) is 38.1 Å². The fourth-order valence-electron chi connectivity index (χ4n) is 4.64. The van der Waals surface area contributed by atoms with E-state index in [1.165, 1.54) is 6.07 Å². The van der Waals surface area contributed by atoms with Gasteiger partial charge in [-0.15, -0.1) is 0 Å². The molecule has 3 atom stereocenters. The Kier molecular flexibility index (Phi) is 4.91. The number of ether oxygens (including phenoxy) is 1. The molecule has 0 radical (unpaired) electrons. The van der Waals surface area contributed by atoms with Crippen LogP contribution in [0.25, 0.3) is 11.3 Å². The molecule has 3 heterocycles. The van der Waals surface area contributed by atoms with Gasteiger partial charge in [0.05, 0.1) is 11.6 Å². The molecule has 3 aromatic rings. The van der Waals surface area contributed by atoms with Crippen molar-refractivity contribution in [2.24, 2.45) is 5.92 Å². The Morgan fingerprint density at radius 3 is 2.66 bits per heavy atom. The number of nitrogens with zero attached hydrogens (tertiary/aromatic N) is 3. The molecule has 6 nitrogen and oxygen atoms in total. The molecule has 32 heavy (non-hydrogen) atoms. The number of carbonyl (C=O) groups is 1. The Labute approximate surface area is 182 Å². The average Bonchev–Trinajstić information content (AvgIpc) is 3.49. The fourth-order valence-corrected chi connectivity index (χ4v) is 4.64. The zero-order valence-corrected chi connectivity index (χ0v) is 17.2. The van der Waals surface area contributed by atoms with Crippen molar-refractivity contribution >= 4 is 5.91 Å². The SMILES string of the molecule is Cc1cc(-c2ccccc2C(=O)N2C[C@H]3C[C@@H](Oc4ccc(C(F)(F)F)cn4)[C@@H]2C3)no1. The van der Waals surface area contributed by atoms with Crippen molar-refractivity contribution in [2.75, 3.05) is 6.54 Å². The van der Waals surface area contributed by atoms with Gasteiger partial charge in [-0.1, -0.05) is 23.4 Å². The summed E-state index contributed by atoms with van der Waals surface area (Å²) in [6, 6.07) is 11.0. The average molecular weight is 443 g/mol. The zero-order chi connectivity index (χ0) is 22.5. The molecule has 1 aliphatic carbocycles. The minimum Gasteiger partial charge on any atom is -0.472 e. The van der Waals surface area contributed by atoms with E-state index in [1.807, 2.05) is 12.1 Å². The maximum absolute atomic E-state index is 13.5. The summed E-state index contributed by atoms with van der Waals surface area (Å²) in [6.07, 6.45) is -2.47. The first-order valence-corrected chi connectivity index (χ1v) is 10.3. The van der Waals surface area contributed by atoms with Crippen molar-refractivity contribution in [1.82, 2.24) is 15.0 Å². The van der Waals surface area contributed by atoms with Crippen molar-refractivity contribution in [3.63, 3.8) is 0 Å². The van der Waals surface area contributed by atoms with Gasteiger partial charge < -0.3 is 14.2 Å². The highest BCUT2D eigenvalue weighted by Crippen LogP contribution is 2.41. The molecule has 166 valence electrons. The molecule has 5 rings (SSSR count). The number of amides is 1. The molecule has 0 N–H and O–H groups in total. The van der Waals surface area contributed by atoms with E-state index >= 15 is 0 Å². The van der Waals surface area contributed by atoms with Gasteiger partial charge in [0.1, 0.15) is 17.6 Å². The Balaban J connectivity index is 1.35. The maximum Gasteiger partial charge on any atom is 0.417 e. The van der Waals surface area contributed by atoms with E-state index in [2.05, 4.69) is 10.1 Å². The molecule has 1 amide bonds. The van der Waals surface area contributed by atoms with Crippen molar-refractivity contribution < 1.29 is 27.2 Å². The van der Waals surface area contributed by atoms with Gasteiger partial charge in [-0.2, -0.15) is 13.2 Å². The van der Waals surface area contributed by atoms with Crippen LogP contribution >= 0.6 is 0 Å². The number of aromatic nitrogens is 2. The summed E-state index contributed by atoms with van der Waals surface area (Å²) < 4.78 is 49.4. The molecule has 2 aromatic heterocycles. The Morgan fingerprint density at radius 2 is 2.00 bits per heavy atom. The lowest BCUT2D eigenvalue weighted by Crippen LogP contribution is -2.47. The monoisotopic (exact) mass is 443 g/mol. The number of alkyl halides is 3. The summed E-state index contributed by atoms with van der Waals surface area (Å²) >= 11 is 0. The fraction of sp³-hybridized carbons (Fsp3) is 0.348. The van der Waals surface area contributed by atoms with Crippen LogP contribution in [0.5, 0.6) is 5.88 Å². The van der Waals surface area contributed by atoms with E-state index in [9.17, 15) is 18.0 Å². The molecule has 2 bridgehead atoms. The molecule has 1 aliphatic heterocycles. The van der Waals surface area contributed by atoms with Crippen LogP contribution in [0, 0.1) is 12.8 Å². The van der Waals surface area contributed by atoms with Crippen molar-refractivity contribution in [3.05, 3.63) is 65.5 Å². The number of rotatable bonds is 4. The highest BCUT2D eigenvalue weighted by molar-refractivity contribution is 6.00. The molecule has 1 saturated heterocycles. The lowest BCUT2D eigenvalue weighted by molar-refractivity contribution is -0.137. The van der Waals surface area contributed by atoms with E-state index in [0.717, 1.165) is 25.1 Å². The molecule has 1 saturated carbocycles. The predicted octanol–water partition coefficient (Wildman–Crippen LogP) is 4.75. The van der Waals surface area contributed by atoms with Gasteiger partial charge in [0, 0.05) is 36.0 Å². The number of piperidine rings is 1. The van der Waals surface area contributed by atoms with Gasteiger partial charge in [-0.25, -0.2) is 4.98 Å². The third kappa shape index (κ3) is 3.72. The molecule has 0 spiro atoms. The molecule has 9 heteroatoms. The number of aryl methyl sites for hydroxylation is 1. The van der Waals surface area contributed by atoms with Gasteiger partial charge in [-0.05, 0) is 37.8 Å². The van der Waals surface area contributed by atoms with Gasteiger partial charge in [0.2, 0.25) is 5.88 Å². The third-order valence-electron chi connectivity index (χ3n) is 6.08. The first kappa shape index (κ1) is 20.5. The molecule has 0 unspecified atom stereocenters. The minimum atomic E-state index is -4.45. The standard InChI is InChI=1S/C23H20F3N3O3/c1-13-8-18(28-32-13)16-4-2-3-5-17(16)22(30)29-12-14-9-19(29)20(10-14)31-21-7-6-15(11-27-21)23(24,25)26/h2-8,11,14,19-20H,9-10,12H2,1H3/t14-,19+,20-/m1/s1. The zero-order valence-electron chi connectivity index (χ0n) is 17.2. The largest absolute Gasteiger partial charge is 0.472 e. The molecular weight excluding hydrogens is 423 g/mol. The Hall–Kier alpha value is -3.36. The second-order valence-corrected chi connectivity index (χ2v) is 8.27. The van der Waals surface area contributed by atoms with Crippen molar-refractivity contribution in [3.8, 4) is 17.1 Å². The van der Waals surface area contributed by atoms with Crippen LogP contribution in [0.2, 0.25) is 0 Å². The Morgan fingerprint density at radius 1 is 1.19 bits per heavy atom. The van der Waals surface area contributed by atoms with E-state index in [1.54, 1.807) is 30.0 Å². The quantitative estimate of drug-likeness (QED) is 0.582. The van der Waals surface area contributed by atoms with Crippen LogP contribution in [-0.4, -0.2) is 39.6 Å². The second kappa shape index (κ2) is 7.65. The van der Waals surface area contributed by atoms with Gasteiger partial charge in [0.25, 0.3) is 5.91 Å². The first-order chi connectivity index (χ1) is 15.3. The van der Waals surface area contributed by atoms with Crippen LogP contribution in [0.3, 0.4) is 0 Å². The molecule has 2 aliphatic rings. The van der Waals surface area contributed by atoms with Crippen LogP contribution in [0.4, 0.5) is 13.2 Å². The van der Waals surface area contributed by atoms with Crippen molar-refractivity contribution in [1.29, 1.82) is 0 Å². The number of pyridine rings is 1. The summed E-state index contributed by atoms with van der Waals surface area (Å²) in [7, 11) is 0. The van der Waals surface area contributed by atoms with Crippen LogP contribution in [0.1, 0.15) is 34.5 Å². The summed E-state index contributed by atoms with van der Waals surface area (Å²) in [6.45, 7) is 2.41. The number of likely N-dealkylation sites (tertiary alicyclic amines) is 1.